The number of carbonyl (C=O) groups excluding carboxylic acids is 3. The number of ketones is 1. The fourth-order valence-corrected chi connectivity index (χ4v) is 7.48. The van der Waals surface area contributed by atoms with Crippen LogP contribution in [0.25, 0.3) is 0 Å². The second-order valence-corrected chi connectivity index (χ2v) is 9.73. The molecule has 0 spiro atoms. The Morgan fingerprint density at radius 3 is 2.00 bits per heavy atom. The van der Waals surface area contributed by atoms with Crippen LogP contribution in [0.2, 0.25) is 0 Å². The molecular weight excluding hydrogens is 753 g/mol. The highest BCUT2D eigenvalue weighted by molar-refractivity contribution is 14.1. The van der Waals surface area contributed by atoms with Crippen LogP contribution in [0, 0.1) is 10.7 Å². The quantitative estimate of drug-likeness (QED) is 0.134. The number of Topliss-reactive ketones (excluding diaryl/α,β-unsaturated/α-hetero) is 1. The van der Waals surface area contributed by atoms with Crippen LogP contribution < -0.4 is 10.2 Å². The highest BCUT2D eigenvalue weighted by Gasteiger charge is 2.30. The molecule has 31 heavy (non-hydrogen) atoms. The van der Waals surface area contributed by atoms with Gasteiger partial charge in [0.25, 0.3) is 11.8 Å². The Balaban J connectivity index is 3.59. The largest absolute Gasteiger partial charge is 0.394 e. The van der Waals surface area contributed by atoms with Gasteiger partial charge in [0.05, 0.1) is 40.2 Å². The van der Waals surface area contributed by atoms with Gasteiger partial charge in [-0.2, -0.15) is 0 Å². The molecule has 0 aliphatic carbocycles. The Hall–Kier alpha value is -0.180. The molecule has 1 aromatic carbocycles. The van der Waals surface area contributed by atoms with Crippen LogP contribution in [0.3, 0.4) is 0 Å². The van der Waals surface area contributed by atoms with Crippen molar-refractivity contribution in [1.29, 1.82) is 0 Å². The second kappa shape index (κ2) is 13.5. The van der Waals surface area contributed by atoms with Crippen molar-refractivity contribution in [3.63, 3.8) is 0 Å². The molecule has 0 saturated carbocycles. The van der Waals surface area contributed by atoms with Crippen LogP contribution in [0.1, 0.15) is 33.6 Å². The first kappa shape index (κ1) is 28.9. The van der Waals surface area contributed by atoms with Gasteiger partial charge < -0.3 is 35.7 Å². The van der Waals surface area contributed by atoms with E-state index >= 15 is 0 Å². The molecule has 0 radical (unpaired) electrons. The lowest BCUT2D eigenvalue weighted by atomic mass is 10.0. The first-order chi connectivity index (χ1) is 14.5. The molecule has 0 aliphatic rings. The van der Waals surface area contributed by atoms with E-state index in [0.717, 1.165) is 4.90 Å². The van der Waals surface area contributed by atoms with Crippen molar-refractivity contribution in [2.45, 2.75) is 25.0 Å². The number of aliphatic hydroxyl groups is 5. The Morgan fingerprint density at radius 2 is 1.48 bits per heavy atom. The molecule has 1 aromatic rings. The third-order valence-corrected chi connectivity index (χ3v) is 7.45. The third kappa shape index (κ3) is 7.41. The summed E-state index contributed by atoms with van der Waals surface area (Å²) in [5, 5.41) is 48.8. The number of hydrogen-bond donors (Lipinski definition) is 6. The minimum absolute atomic E-state index is 0.0123. The van der Waals surface area contributed by atoms with E-state index in [1.54, 1.807) is 0 Å². The average molecular weight is 776 g/mol. The number of aliphatic hydroxyl groups excluding tert-OH is 5. The van der Waals surface area contributed by atoms with Gasteiger partial charge in [0.2, 0.25) is 0 Å². The molecule has 0 saturated heterocycles. The number of hydrogen-bond acceptors (Lipinski definition) is 8. The summed E-state index contributed by atoms with van der Waals surface area (Å²) in [7, 11) is 1.41. The topological polar surface area (TPSA) is 168 Å². The molecule has 0 bridgehead atoms. The Labute approximate surface area is 219 Å². The maximum absolute atomic E-state index is 13.0. The standard InChI is InChI=1S/C18H23I3N2O8/c1-23(11(30)7-26)17-15(20)12(10(29)3-2-8(27)5-24)14(19)13(16(17)21)18(31)22-4-9(28)6-25/h8-9,24-28H,2-7H2,1H3,(H,22,31). The lowest BCUT2D eigenvalue weighted by Crippen LogP contribution is -2.36. The summed E-state index contributed by atoms with van der Waals surface area (Å²) in [6, 6.07) is 0. The van der Waals surface area contributed by atoms with Crippen molar-refractivity contribution in [2.24, 2.45) is 0 Å². The zero-order valence-electron chi connectivity index (χ0n) is 16.4. The lowest BCUT2D eigenvalue weighted by Gasteiger charge is -2.25. The number of nitrogens with zero attached hydrogens (tertiary/aromatic N) is 1. The highest BCUT2D eigenvalue weighted by atomic mass is 127. The summed E-state index contributed by atoms with van der Waals surface area (Å²) in [4.78, 5) is 39.1. The zero-order chi connectivity index (χ0) is 23.9. The van der Waals surface area contributed by atoms with Crippen LogP contribution in [-0.2, 0) is 4.79 Å². The molecule has 13 heteroatoms. The van der Waals surface area contributed by atoms with E-state index in [1.165, 1.54) is 7.05 Å². The number of anilines is 1. The number of halogens is 3. The lowest BCUT2D eigenvalue weighted by molar-refractivity contribution is -0.121. The fourth-order valence-electron chi connectivity index (χ4n) is 2.50. The first-order valence-electron chi connectivity index (χ1n) is 8.98. The van der Waals surface area contributed by atoms with Crippen molar-refractivity contribution in [2.75, 3.05) is 38.3 Å². The van der Waals surface area contributed by atoms with E-state index in [-0.39, 0.29) is 36.2 Å². The van der Waals surface area contributed by atoms with Crippen molar-refractivity contribution in [1.82, 2.24) is 5.32 Å². The van der Waals surface area contributed by atoms with Crippen molar-refractivity contribution in [3.05, 3.63) is 21.8 Å². The molecule has 0 aromatic heterocycles. The van der Waals surface area contributed by atoms with E-state index in [1.807, 2.05) is 67.8 Å². The summed E-state index contributed by atoms with van der Waals surface area (Å²) in [6.45, 7) is -2.03. The Kier molecular flexibility index (Phi) is 12.6. The van der Waals surface area contributed by atoms with Gasteiger partial charge in [0, 0.05) is 32.7 Å². The maximum atomic E-state index is 13.0. The molecule has 0 aliphatic heterocycles. The number of amides is 2. The Bertz CT molecular complexity index is 784. The summed E-state index contributed by atoms with van der Waals surface area (Å²) >= 11 is 5.62. The third-order valence-electron chi connectivity index (χ3n) is 4.27. The van der Waals surface area contributed by atoms with Gasteiger partial charge in [-0.1, -0.05) is 0 Å². The van der Waals surface area contributed by atoms with Crippen LogP contribution in [0.4, 0.5) is 5.69 Å². The van der Waals surface area contributed by atoms with E-state index in [9.17, 15) is 29.7 Å². The number of rotatable bonds is 11. The first-order valence-corrected chi connectivity index (χ1v) is 12.2. The van der Waals surface area contributed by atoms with Gasteiger partial charge in [0.1, 0.15) is 6.61 Å². The van der Waals surface area contributed by atoms with E-state index in [2.05, 4.69) is 5.32 Å². The molecule has 10 nitrogen and oxygen atoms in total. The van der Waals surface area contributed by atoms with Gasteiger partial charge in [-0.15, -0.1) is 0 Å². The summed E-state index contributed by atoms with van der Waals surface area (Å²) < 4.78 is 1.07. The summed E-state index contributed by atoms with van der Waals surface area (Å²) in [5.74, 6) is -1.66. The molecular formula is C18H23I3N2O8. The van der Waals surface area contributed by atoms with Crippen molar-refractivity contribution in [3.8, 4) is 0 Å². The van der Waals surface area contributed by atoms with Crippen molar-refractivity contribution >= 4 is 91.1 Å². The molecule has 174 valence electrons. The predicted octanol–water partition coefficient (Wildman–Crippen LogP) is -0.145. The van der Waals surface area contributed by atoms with Crippen LogP contribution in [0.5, 0.6) is 0 Å². The summed E-state index contributed by atoms with van der Waals surface area (Å²) in [5.41, 5.74) is 0.539. The number of benzene rings is 1. The van der Waals surface area contributed by atoms with E-state index < -0.39 is 49.6 Å². The number of carbonyl (C=O) groups is 3. The monoisotopic (exact) mass is 776 g/mol. The SMILES string of the molecule is CN(C(=O)CO)c1c(I)c(C(=O)CCC(O)CO)c(I)c(C(=O)NCC(O)CO)c1I. The summed E-state index contributed by atoms with van der Waals surface area (Å²) in [6.07, 6.45) is -2.32. The molecule has 1 rings (SSSR count). The van der Waals surface area contributed by atoms with Gasteiger partial charge in [-0.05, 0) is 74.2 Å². The molecule has 2 unspecified atom stereocenters. The van der Waals surface area contributed by atoms with Gasteiger partial charge >= 0.3 is 0 Å². The van der Waals surface area contributed by atoms with E-state index in [4.69, 9.17) is 10.2 Å². The average Bonchev–Trinajstić information content (AvgIpc) is 2.74. The Morgan fingerprint density at radius 1 is 0.935 bits per heavy atom. The minimum Gasteiger partial charge on any atom is -0.394 e. The van der Waals surface area contributed by atoms with Crippen LogP contribution in [-0.4, -0.2) is 88.8 Å². The van der Waals surface area contributed by atoms with Crippen LogP contribution >= 0.6 is 67.8 Å². The number of likely N-dealkylation sites (N-methyl/N-ethyl adjacent to an activating group) is 1. The zero-order valence-corrected chi connectivity index (χ0v) is 22.9. The second-order valence-electron chi connectivity index (χ2n) is 6.50. The van der Waals surface area contributed by atoms with Gasteiger partial charge in [-0.25, -0.2) is 0 Å². The minimum atomic E-state index is -1.16. The smallest absolute Gasteiger partial charge is 0.253 e. The maximum Gasteiger partial charge on any atom is 0.253 e. The van der Waals surface area contributed by atoms with Gasteiger partial charge in [-0.3, -0.25) is 14.4 Å². The molecule has 2 amide bonds. The molecule has 0 heterocycles. The normalized spacial score (nSPS) is 12.9. The van der Waals surface area contributed by atoms with Gasteiger partial charge in [0.15, 0.2) is 5.78 Å². The molecule has 2 atom stereocenters. The van der Waals surface area contributed by atoms with Crippen molar-refractivity contribution < 1.29 is 39.9 Å². The van der Waals surface area contributed by atoms with E-state index in [0.29, 0.717) is 10.7 Å². The molecule has 6 N–H and O–H groups in total. The van der Waals surface area contributed by atoms with Crippen LogP contribution in [0.15, 0.2) is 0 Å². The number of nitrogens with one attached hydrogen (secondary N) is 1. The fraction of sp³-hybridized carbons (Fsp3) is 0.500. The predicted molar refractivity (Wildman–Crippen MR) is 137 cm³/mol. The molecule has 0 fully saturated rings. The highest BCUT2D eigenvalue weighted by Crippen LogP contribution is 2.38.